The van der Waals surface area contributed by atoms with Gasteiger partial charge < -0.3 is 9.63 Å². The van der Waals surface area contributed by atoms with Crippen molar-refractivity contribution in [2.75, 3.05) is 7.05 Å². The number of hydrogen-bond donors (Lipinski definition) is 0. The van der Waals surface area contributed by atoms with Gasteiger partial charge in [0.1, 0.15) is 6.29 Å². The van der Waals surface area contributed by atoms with E-state index in [1.54, 1.807) is 6.92 Å². The minimum absolute atomic E-state index is 0.0665. The van der Waals surface area contributed by atoms with Crippen molar-refractivity contribution in [3.8, 4) is 0 Å². The summed E-state index contributed by atoms with van der Waals surface area (Å²) in [5.74, 6) is -0.851. The van der Waals surface area contributed by atoms with Gasteiger partial charge in [-0.05, 0) is 0 Å². The van der Waals surface area contributed by atoms with Crippen LogP contribution in [0.2, 0.25) is 0 Å². The molecule has 74 valence electrons. The third-order valence-corrected chi connectivity index (χ3v) is 1.35. The molecule has 0 atom stereocenters. The van der Waals surface area contributed by atoms with Crippen LogP contribution >= 0.6 is 0 Å². The fourth-order valence-electron chi connectivity index (χ4n) is 0.608. The SMILES string of the molecule is CCC(=O)ON(C)C(=O)CCC=O. The third kappa shape index (κ3) is 4.95. The highest BCUT2D eigenvalue weighted by Gasteiger charge is 2.11. The van der Waals surface area contributed by atoms with E-state index >= 15 is 0 Å². The average Bonchev–Trinajstić information content (AvgIpc) is 2.13. The molecule has 0 N–H and O–H groups in total. The number of hydroxylamine groups is 2. The molecule has 0 rings (SSSR count). The molecule has 1 amide bonds. The fourth-order valence-corrected chi connectivity index (χ4v) is 0.608. The maximum Gasteiger partial charge on any atom is 0.332 e. The second kappa shape index (κ2) is 6.16. The molecule has 0 spiro atoms. The lowest BCUT2D eigenvalue weighted by Gasteiger charge is -2.14. The van der Waals surface area contributed by atoms with E-state index in [0.29, 0.717) is 6.29 Å². The van der Waals surface area contributed by atoms with Gasteiger partial charge in [0.25, 0.3) is 5.91 Å². The standard InChI is InChI=1S/C8H13NO4/c1-3-8(12)13-9(2)7(11)5-4-6-10/h6H,3-5H2,1-2H3. The molecule has 0 bridgehead atoms. The lowest BCUT2D eigenvalue weighted by Crippen LogP contribution is -2.29. The quantitative estimate of drug-likeness (QED) is 0.468. The summed E-state index contributed by atoms with van der Waals surface area (Å²) in [4.78, 5) is 36.3. The van der Waals surface area contributed by atoms with Gasteiger partial charge in [0.15, 0.2) is 0 Å². The number of nitrogens with zero attached hydrogens (tertiary/aromatic N) is 1. The predicted octanol–water partition coefficient (Wildman–Crippen LogP) is 0.292. The van der Waals surface area contributed by atoms with Crippen LogP contribution in [0.3, 0.4) is 0 Å². The highest BCUT2D eigenvalue weighted by molar-refractivity contribution is 5.79. The molecule has 0 fully saturated rings. The van der Waals surface area contributed by atoms with E-state index in [1.807, 2.05) is 0 Å². The van der Waals surface area contributed by atoms with Crippen molar-refractivity contribution >= 4 is 18.2 Å². The zero-order valence-corrected chi connectivity index (χ0v) is 7.78. The summed E-state index contributed by atoms with van der Waals surface area (Å²) in [5.41, 5.74) is 0. The van der Waals surface area contributed by atoms with Crippen LogP contribution in [0, 0.1) is 0 Å². The molecule has 5 nitrogen and oxygen atoms in total. The van der Waals surface area contributed by atoms with Crippen LogP contribution in [-0.2, 0) is 19.2 Å². The van der Waals surface area contributed by atoms with Crippen LogP contribution < -0.4 is 0 Å². The van der Waals surface area contributed by atoms with Gasteiger partial charge >= 0.3 is 5.97 Å². The Balaban J connectivity index is 3.81. The Morgan fingerprint density at radius 2 is 2.08 bits per heavy atom. The first-order valence-electron chi connectivity index (χ1n) is 4.02. The number of carbonyl (C=O) groups excluding carboxylic acids is 3. The molecule has 0 aliphatic rings. The first-order chi connectivity index (χ1) is 6.11. The summed E-state index contributed by atoms with van der Waals surface area (Å²) in [6.07, 6.45) is 1.07. The molecular weight excluding hydrogens is 174 g/mol. The normalized spacial score (nSPS) is 9.08. The van der Waals surface area contributed by atoms with E-state index in [4.69, 9.17) is 0 Å². The first kappa shape index (κ1) is 11.6. The monoisotopic (exact) mass is 187 g/mol. The molecule has 0 heterocycles. The van der Waals surface area contributed by atoms with Crippen molar-refractivity contribution in [3.63, 3.8) is 0 Å². The maximum absolute atomic E-state index is 11.0. The van der Waals surface area contributed by atoms with E-state index in [2.05, 4.69) is 4.84 Å². The molecule has 0 saturated carbocycles. The Hall–Kier alpha value is -1.39. The highest BCUT2D eigenvalue weighted by Crippen LogP contribution is 1.96. The van der Waals surface area contributed by atoms with Crippen LogP contribution in [0.25, 0.3) is 0 Å². The second-order valence-corrected chi connectivity index (χ2v) is 2.41. The minimum Gasteiger partial charge on any atom is -0.338 e. The van der Waals surface area contributed by atoms with Crippen molar-refractivity contribution in [1.29, 1.82) is 0 Å². The number of carbonyl (C=O) groups is 3. The zero-order chi connectivity index (χ0) is 10.3. The van der Waals surface area contributed by atoms with Crippen LogP contribution in [-0.4, -0.2) is 30.3 Å². The Morgan fingerprint density at radius 3 is 2.54 bits per heavy atom. The van der Waals surface area contributed by atoms with Crippen LogP contribution in [0.1, 0.15) is 26.2 Å². The van der Waals surface area contributed by atoms with Gasteiger partial charge in [-0.1, -0.05) is 6.92 Å². The van der Waals surface area contributed by atoms with E-state index in [0.717, 1.165) is 5.06 Å². The lowest BCUT2D eigenvalue weighted by molar-refractivity contribution is -0.192. The van der Waals surface area contributed by atoms with Crippen molar-refractivity contribution in [3.05, 3.63) is 0 Å². The number of hydrogen-bond acceptors (Lipinski definition) is 4. The van der Waals surface area contributed by atoms with Gasteiger partial charge in [-0.2, -0.15) is 5.06 Å². The fraction of sp³-hybridized carbons (Fsp3) is 0.625. The summed E-state index contributed by atoms with van der Waals surface area (Å²) in [7, 11) is 1.35. The predicted molar refractivity (Wildman–Crippen MR) is 44.5 cm³/mol. The van der Waals surface area contributed by atoms with Gasteiger partial charge in [-0.25, -0.2) is 4.79 Å². The molecule has 5 heteroatoms. The van der Waals surface area contributed by atoms with E-state index in [1.165, 1.54) is 7.05 Å². The van der Waals surface area contributed by atoms with Crippen molar-refractivity contribution in [1.82, 2.24) is 5.06 Å². The summed E-state index contributed by atoms with van der Waals surface area (Å²) < 4.78 is 0. The smallest absolute Gasteiger partial charge is 0.332 e. The molecular formula is C8H13NO4. The Kier molecular flexibility index (Phi) is 5.50. The Morgan fingerprint density at radius 1 is 1.46 bits per heavy atom. The molecule has 13 heavy (non-hydrogen) atoms. The summed E-state index contributed by atoms with van der Waals surface area (Å²) >= 11 is 0. The molecule has 0 radical (unpaired) electrons. The first-order valence-corrected chi connectivity index (χ1v) is 4.02. The van der Waals surface area contributed by atoms with Crippen molar-refractivity contribution < 1.29 is 19.2 Å². The molecule has 0 unspecified atom stereocenters. The van der Waals surface area contributed by atoms with E-state index in [-0.39, 0.29) is 25.2 Å². The Bertz CT molecular complexity index is 202. The highest BCUT2D eigenvalue weighted by atomic mass is 16.7. The van der Waals surface area contributed by atoms with Crippen LogP contribution in [0.5, 0.6) is 0 Å². The molecule has 0 aliphatic carbocycles. The molecule has 0 aromatic rings. The number of amides is 1. The van der Waals surface area contributed by atoms with Crippen molar-refractivity contribution in [2.24, 2.45) is 0 Å². The second-order valence-electron chi connectivity index (χ2n) is 2.41. The average molecular weight is 187 g/mol. The van der Waals surface area contributed by atoms with Gasteiger partial charge in [0.05, 0.1) is 0 Å². The minimum atomic E-state index is -0.470. The zero-order valence-electron chi connectivity index (χ0n) is 7.78. The Labute approximate surface area is 76.6 Å². The summed E-state index contributed by atoms with van der Waals surface area (Å²) in [6.45, 7) is 1.63. The summed E-state index contributed by atoms with van der Waals surface area (Å²) in [6, 6.07) is 0. The lowest BCUT2D eigenvalue weighted by atomic mass is 10.3. The third-order valence-electron chi connectivity index (χ3n) is 1.35. The van der Waals surface area contributed by atoms with Gasteiger partial charge in [0.2, 0.25) is 0 Å². The van der Waals surface area contributed by atoms with Gasteiger partial charge in [-0.15, -0.1) is 0 Å². The van der Waals surface area contributed by atoms with E-state index in [9.17, 15) is 14.4 Å². The molecule has 0 saturated heterocycles. The molecule has 0 aromatic heterocycles. The van der Waals surface area contributed by atoms with Gasteiger partial charge in [-0.3, -0.25) is 4.79 Å². The largest absolute Gasteiger partial charge is 0.338 e. The van der Waals surface area contributed by atoms with Crippen molar-refractivity contribution in [2.45, 2.75) is 26.2 Å². The van der Waals surface area contributed by atoms with Crippen LogP contribution in [0.15, 0.2) is 0 Å². The molecule has 0 aromatic carbocycles. The topological polar surface area (TPSA) is 63.7 Å². The number of rotatable bonds is 4. The molecule has 0 aliphatic heterocycles. The van der Waals surface area contributed by atoms with Gasteiger partial charge in [0, 0.05) is 26.3 Å². The summed E-state index contributed by atoms with van der Waals surface area (Å²) in [5, 5.41) is 0.856. The number of aldehydes is 1. The van der Waals surface area contributed by atoms with Crippen LogP contribution in [0.4, 0.5) is 0 Å². The van der Waals surface area contributed by atoms with E-state index < -0.39 is 5.97 Å². The maximum atomic E-state index is 11.0.